The van der Waals surface area contributed by atoms with E-state index in [1.165, 1.54) is 6.07 Å². The number of para-hydroxylation sites is 1. The lowest BCUT2D eigenvalue weighted by Crippen LogP contribution is -2.44. The molecule has 21 heavy (non-hydrogen) atoms. The highest BCUT2D eigenvalue weighted by Crippen LogP contribution is 2.40. The zero-order valence-corrected chi connectivity index (χ0v) is 12.3. The van der Waals surface area contributed by atoms with Gasteiger partial charge in [0.2, 0.25) is 0 Å². The Kier molecular flexibility index (Phi) is 4.16. The van der Waals surface area contributed by atoms with Gasteiger partial charge in [-0.25, -0.2) is 0 Å². The summed E-state index contributed by atoms with van der Waals surface area (Å²) in [5.74, 6) is -0.760. The molecular weight excluding hydrogens is 272 g/mol. The predicted molar refractivity (Wildman–Crippen MR) is 79.6 cm³/mol. The van der Waals surface area contributed by atoms with E-state index in [-0.39, 0.29) is 10.6 Å². The number of nitro benzene ring substituents is 1. The molecule has 0 aromatic heterocycles. The minimum Gasteiger partial charge on any atom is -0.481 e. The first-order valence-electron chi connectivity index (χ1n) is 7.13. The SMILES string of the molecule is CCC1(C(=O)O)CCN(c2c(C)cccc2[N+](=O)[O-])CC1. The monoisotopic (exact) mass is 292 g/mol. The summed E-state index contributed by atoms with van der Waals surface area (Å²) in [5.41, 5.74) is 0.879. The van der Waals surface area contributed by atoms with Crippen LogP contribution in [0.3, 0.4) is 0 Å². The number of piperidine rings is 1. The molecule has 1 aliphatic heterocycles. The second-order valence-corrected chi connectivity index (χ2v) is 5.63. The van der Waals surface area contributed by atoms with Crippen molar-refractivity contribution in [2.45, 2.75) is 33.1 Å². The van der Waals surface area contributed by atoms with Crippen molar-refractivity contribution < 1.29 is 14.8 Å². The third-order valence-electron chi connectivity index (χ3n) is 4.58. The smallest absolute Gasteiger partial charge is 0.309 e. The van der Waals surface area contributed by atoms with Gasteiger partial charge in [0, 0.05) is 19.2 Å². The van der Waals surface area contributed by atoms with Crippen LogP contribution in [0.5, 0.6) is 0 Å². The summed E-state index contributed by atoms with van der Waals surface area (Å²) in [6.07, 6.45) is 1.63. The van der Waals surface area contributed by atoms with E-state index >= 15 is 0 Å². The maximum absolute atomic E-state index is 11.5. The largest absolute Gasteiger partial charge is 0.481 e. The van der Waals surface area contributed by atoms with Crippen molar-refractivity contribution in [3.05, 3.63) is 33.9 Å². The second-order valence-electron chi connectivity index (χ2n) is 5.63. The number of anilines is 1. The van der Waals surface area contributed by atoms with Gasteiger partial charge in [-0.15, -0.1) is 0 Å². The number of carboxylic acid groups (broad SMARTS) is 1. The van der Waals surface area contributed by atoms with Gasteiger partial charge in [-0.05, 0) is 31.7 Å². The van der Waals surface area contributed by atoms with Crippen LogP contribution in [0, 0.1) is 22.5 Å². The molecule has 0 spiro atoms. The van der Waals surface area contributed by atoms with Gasteiger partial charge < -0.3 is 10.0 Å². The average molecular weight is 292 g/mol. The third-order valence-corrected chi connectivity index (χ3v) is 4.58. The number of hydrogen-bond acceptors (Lipinski definition) is 4. The van der Waals surface area contributed by atoms with E-state index in [1.54, 1.807) is 6.07 Å². The first-order valence-corrected chi connectivity index (χ1v) is 7.13. The molecule has 0 aliphatic carbocycles. The molecule has 0 saturated carbocycles. The Bertz CT molecular complexity index is 563. The zero-order chi connectivity index (χ0) is 15.6. The number of carbonyl (C=O) groups is 1. The lowest BCUT2D eigenvalue weighted by molar-refractivity contribution is -0.384. The van der Waals surface area contributed by atoms with Gasteiger partial charge in [0.25, 0.3) is 5.69 Å². The molecule has 0 bridgehead atoms. The van der Waals surface area contributed by atoms with Crippen LogP contribution in [0.15, 0.2) is 18.2 Å². The fraction of sp³-hybridized carbons (Fsp3) is 0.533. The molecule has 1 aromatic rings. The highest BCUT2D eigenvalue weighted by atomic mass is 16.6. The number of nitrogens with zero attached hydrogens (tertiary/aromatic N) is 2. The highest BCUT2D eigenvalue weighted by Gasteiger charge is 2.40. The molecule has 1 aliphatic rings. The van der Waals surface area contributed by atoms with Crippen LogP contribution in [0.4, 0.5) is 11.4 Å². The Hall–Kier alpha value is -2.11. The normalized spacial score (nSPS) is 17.5. The van der Waals surface area contributed by atoms with E-state index in [4.69, 9.17) is 0 Å². The van der Waals surface area contributed by atoms with Gasteiger partial charge >= 0.3 is 5.97 Å². The van der Waals surface area contributed by atoms with Crippen LogP contribution in [-0.4, -0.2) is 29.1 Å². The van der Waals surface area contributed by atoms with Gasteiger partial charge in [0.1, 0.15) is 5.69 Å². The van der Waals surface area contributed by atoms with Crippen molar-refractivity contribution in [1.29, 1.82) is 0 Å². The summed E-state index contributed by atoms with van der Waals surface area (Å²) in [6, 6.07) is 5.02. The van der Waals surface area contributed by atoms with Crippen molar-refractivity contribution in [2.75, 3.05) is 18.0 Å². The Labute approximate surface area is 123 Å². The number of aliphatic carboxylic acids is 1. The summed E-state index contributed by atoms with van der Waals surface area (Å²) >= 11 is 0. The van der Waals surface area contributed by atoms with Gasteiger partial charge in [-0.3, -0.25) is 14.9 Å². The Morgan fingerprint density at radius 2 is 2.05 bits per heavy atom. The summed E-state index contributed by atoms with van der Waals surface area (Å²) in [4.78, 5) is 24.2. The van der Waals surface area contributed by atoms with Crippen molar-refractivity contribution in [3.8, 4) is 0 Å². The molecule has 6 heteroatoms. The van der Waals surface area contributed by atoms with Gasteiger partial charge in [0.15, 0.2) is 0 Å². The van der Waals surface area contributed by atoms with Crippen LogP contribution >= 0.6 is 0 Å². The number of carboxylic acids is 1. The van der Waals surface area contributed by atoms with E-state index in [9.17, 15) is 20.0 Å². The first-order chi connectivity index (χ1) is 9.91. The molecule has 0 amide bonds. The molecule has 1 N–H and O–H groups in total. The van der Waals surface area contributed by atoms with Crippen LogP contribution in [0.25, 0.3) is 0 Å². The summed E-state index contributed by atoms with van der Waals surface area (Å²) in [7, 11) is 0. The van der Waals surface area contributed by atoms with E-state index < -0.39 is 11.4 Å². The van der Waals surface area contributed by atoms with Crippen molar-refractivity contribution in [1.82, 2.24) is 0 Å². The van der Waals surface area contributed by atoms with Crippen molar-refractivity contribution >= 4 is 17.3 Å². The maximum Gasteiger partial charge on any atom is 0.309 e. The minimum absolute atomic E-state index is 0.0920. The zero-order valence-electron chi connectivity index (χ0n) is 12.3. The summed E-state index contributed by atoms with van der Waals surface area (Å²) < 4.78 is 0. The number of rotatable bonds is 4. The lowest BCUT2D eigenvalue weighted by atomic mass is 9.76. The fourth-order valence-corrected chi connectivity index (χ4v) is 3.08. The molecule has 0 radical (unpaired) electrons. The Morgan fingerprint density at radius 1 is 1.43 bits per heavy atom. The summed E-state index contributed by atoms with van der Waals surface area (Å²) in [6.45, 7) is 4.80. The Balaban J connectivity index is 2.28. The van der Waals surface area contributed by atoms with E-state index in [1.807, 2.05) is 24.8 Å². The number of aryl methyl sites for hydroxylation is 1. The molecule has 0 atom stereocenters. The molecule has 1 fully saturated rings. The molecule has 1 heterocycles. The third kappa shape index (κ3) is 2.70. The molecule has 0 unspecified atom stereocenters. The first kappa shape index (κ1) is 15.3. The predicted octanol–water partition coefficient (Wildman–Crippen LogP) is 2.98. The molecule has 1 saturated heterocycles. The highest BCUT2D eigenvalue weighted by molar-refractivity contribution is 5.76. The van der Waals surface area contributed by atoms with Gasteiger partial charge in [-0.1, -0.05) is 19.1 Å². The number of benzene rings is 1. The molecule has 114 valence electrons. The topological polar surface area (TPSA) is 83.7 Å². The van der Waals surface area contributed by atoms with Crippen LogP contribution in [-0.2, 0) is 4.79 Å². The minimum atomic E-state index is -0.760. The van der Waals surface area contributed by atoms with Crippen LogP contribution in [0.1, 0.15) is 31.7 Å². The van der Waals surface area contributed by atoms with Gasteiger partial charge in [-0.2, -0.15) is 0 Å². The molecule has 6 nitrogen and oxygen atoms in total. The number of hydrogen-bond donors (Lipinski definition) is 1. The molecular formula is C15H20N2O4. The lowest BCUT2D eigenvalue weighted by Gasteiger charge is -2.39. The van der Waals surface area contributed by atoms with Crippen molar-refractivity contribution in [2.24, 2.45) is 5.41 Å². The molecule has 2 rings (SSSR count). The van der Waals surface area contributed by atoms with Gasteiger partial charge in [0.05, 0.1) is 10.3 Å². The Morgan fingerprint density at radius 3 is 2.52 bits per heavy atom. The molecule has 1 aromatic carbocycles. The maximum atomic E-state index is 11.5. The van der Waals surface area contributed by atoms with Crippen molar-refractivity contribution in [3.63, 3.8) is 0 Å². The fourth-order valence-electron chi connectivity index (χ4n) is 3.08. The summed E-state index contributed by atoms with van der Waals surface area (Å²) in [5, 5.41) is 20.6. The second kappa shape index (κ2) is 5.71. The van der Waals surface area contributed by atoms with Crippen LogP contribution < -0.4 is 4.90 Å². The number of nitro groups is 1. The quantitative estimate of drug-likeness (QED) is 0.681. The standard InChI is InChI=1S/C15H20N2O4/c1-3-15(14(18)19)7-9-16(10-8-15)13-11(2)5-4-6-12(13)17(20)21/h4-6H,3,7-10H2,1-2H3,(H,18,19). The average Bonchev–Trinajstić information content (AvgIpc) is 2.47. The van der Waals surface area contributed by atoms with E-state index in [0.29, 0.717) is 38.0 Å². The van der Waals surface area contributed by atoms with E-state index in [2.05, 4.69) is 0 Å². The van der Waals surface area contributed by atoms with Crippen LogP contribution in [0.2, 0.25) is 0 Å². The van der Waals surface area contributed by atoms with E-state index in [0.717, 1.165) is 5.56 Å².